The van der Waals surface area contributed by atoms with Crippen LogP contribution in [0.5, 0.6) is 0 Å². The van der Waals surface area contributed by atoms with E-state index < -0.39 is 12.8 Å². The molecule has 2 nitrogen and oxygen atoms in total. The molecular weight excluding hydrogens is 422 g/mol. The minimum Gasteiger partial charge on any atom is -0.207 e. The quantitative estimate of drug-likeness (QED) is 0.203. The number of halogens is 4. The van der Waals surface area contributed by atoms with Gasteiger partial charge in [-0.25, -0.2) is 8.42 Å². The van der Waals surface area contributed by atoms with Crippen LogP contribution in [0.25, 0.3) is 0 Å². The molecule has 1 atom stereocenters. The van der Waals surface area contributed by atoms with Crippen LogP contribution < -0.4 is 0 Å². The lowest BCUT2D eigenvalue weighted by Gasteiger charge is -2.24. The molecule has 1 unspecified atom stereocenters. The van der Waals surface area contributed by atoms with Gasteiger partial charge in [0, 0.05) is 16.6 Å². The molecule has 0 N–H and O–H groups in total. The lowest BCUT2D eigenvalue weighted by atomic mass is 9.94. The fraction of sp³-hybridized carbons (Fsp3) is 0.667. The molecule has 1 aromatic carbocycles. The van der Waals surface area contributed by atoms with Gasteiger partial charge >= 0.3 is 0 Å². The first-order valence-corrected chi connectivity index (χ1v) is 12.2. The van der Waals surface area contributed by atoms with Crippen molar-refractivity contribution in [2.45, 2.75) is 73.4 Å². The summed E-state index contributed by atoms with van der Waals surface area (Å²) < 4.78 is 21.3. The molecule has 1 rings (SSSR count). The van der Waals surface area contributed by atoms with E-state index in [-0.39, 0.29) is 10.8 Å². The third kappa shape index (κ3) is 9.72. The SMILES string of the molecule is CCCCCCCCC(CCc1ccc(S(=O)(=O)Cl)cc1)C(Cl)(Cl)Cl. The van der Waals surface area contributed by atoms with E-state index in [2.05, 4.69) is 6.92 Å². The molecule has 7 heteroatoms. The number of alkyl halides is 3. The lowest BCUT2D eigenvalue weighted by molar-refractivity contribution is 0.429. The molecule has 25 heavy (non-hydrogen) atoms. The zero-order valence-electron chi connectivity index (χ0n) is 14.5. The van der Waals surface area contributed by atoms with E-state index in [0.29, 0.717) is 0 Å². The van der Waals surface area contributed by atoms with Crippen LogP contribution in [0.4, 0.5) is 0 Å². The maximum atomic E-state index is 11.3. The molecule has 0 saturated heterocycles. The van der Waals surface area contributed by atoms with Crippen molar-refractivity contribution in [2.24, 2.45) is 5.92 Å². The number of benzene rings is 1. The Morgan fingerprint density at radius 2 is 1.48 bits per heavy atom. The van der Waals surface area contributed by atoms with Crippen molar-refractivity contribution in [1.29, 1.82) is 0 Å². The van der Waals surface area contributed by atoms with Crippen LogP contribution in [-0.4, -0.2) is 12.2 Å². The minimum absolute atomic E-state index is 0.0138. The largest absolute Gasteiger partial charge is 0.261 e. The Bertz CT molecular complexity index is 594. The summed E-state index contributed by atoms with van der Waals surface area (Å²) in [5.41, 5.74) is 1.01. The van der Waals surface area contributed by atoms with Crippen molar-refractivity contribution in [1.82, 2.24) is 0 Å². The Morgan fingerprint density at radius 3 is 2.00 bits per heavy atom. The van der Waals surface area contributed by atoms with E-state index in [9.17, 15) is 8.42 Å². The van der Waals surface area contributed by atoms with Crippen molar-refractivity contribution in [3.05, 3.63) is 29.8 Å². The lowest BCUT2D eigenvalue weighted by Crippen LogP contribution is -2.20. The molecule has 144 valence electrons. The Balaban J connectivity index is 2.50. The zero-order valence-corrected chi connectivity index (χ0v) is 18.3. The Morgan fingerprint density at radius 1 is 0.920 bits per heavy atom. The highest BCUT2D eigenvalue weighted by Gasteiger charge is 2.31. The molecule has 0 radical (unpaired) electrons. The summed E-state index contributed by atoms with van der Waals surface area (Å²) in [6, 6.07) is 6.54. The standard InChI is InChI=1S/C18H26Cl4O2S/c1-2-3-4-5-6-7-8-16(18(19,20)21)12-9-15-10-13-17(14-11-15)25(22,23)24/h10-11,13-14,16H,2-9,12H2,1H3. The molecule has 0 saturated carbocycles. The van der Waals surface area contributed by atoms with E-state index in [1.54, 1.807) is 12.1 Å². The van der Waals surface area contributed by atoms with Crippen molar-refractivity contribution >= 4 is 54.5 Å². The molecule has 0 amide bonds. The van der Waals surface area contributed by atoms with Crippen LogP contribution in [0, 0.1) is 5.92 Å². The smallest absolute Gasteiger partial charge is 0.207 e. The third-order valence-corrected chi connectivity index (χ3v) is 6.65. The van der Waals surface area contributed by atoms with Crippen molar-refractivity contribution in [3.63, 3.8) is 0 Å². The Kier molecular flexibility index (Phi) is 10.5. The predicted octanol–water partition coefficient (Wildman–Crippen LogP) is 7.28. The zero-order chi connectivity index (χ0) is 18.9. The van der Waals surface area contributed by atoms with Gasteiger partial charge in [0.1, 0.15) is 0 Å². The summed E-state index contributed by atoms with van der Waals surface area (Å²) in [6.45, 7) is 2.20. The van der Waals surface area contributed by atoms with E-state index in [4.69, 9.17) is 45.5 Å². The third-order valence-electron chi connectivity index (χ3n) is 4.36. The fourth-order valence-electron chi connectivity index (χ4n) is 2.80. The predicted molar refractivity (Wildman–Crippen MR) is 110 cm³/mol. The molecule has 0 heterocycles. The topological polar surface area (TPSA) is 34.1 Å². The summed E-state index contributed by atoms with van der Waals surface area (Å²) >= 11 is 18.4. The van der Waals surface area contributed by atoms with Crippen LogP contribution in [0.2, 0.25) is 0 Å². The minimum atomic E-state index is -3.69. The van der Waals surface area contributed by atoms with E-state index in [0.717, 1.165) is 31.2 Å². The van der Waals surface area contributed by atoms with Gasteiger partial charge in [-0.05, 0) is 37.0 Å². The molecular formula is C18H26Cl4O2S. The highest BCUT2D eigenvalue weighted by atomic mass is 35.7. The molecule has 0 aliphatic carbocycles. The van der Waals surface area contributed by atoms with E-state index >= 15 is 0 Å². The molecule has 0 aliphatic rings. The number of rotatable bonds is 11. The van der Waals surface area contributed by atoms with Crippen molar-refractivity contribution < 1.29 is 8.42 Å². The average Bonchev–Trinajstić information content (AvgIpc) is 2.51. The second-order valence-corrected chi connectivity index (χ2v) is 11.4. The first kappa shape index (κ1) is 23.4. The van der Waals surface area contributed by atoms with Crippen LogP contribution in [0.1, 0.15) is 63.9 Å². The number of unbranched alkanes of at least 4 members (excludes halogenated alkanes) is 5. The maximum absolute atomic E-state index is 11.3. The van der Waals surface area contributed by atoms with Gasteiger partial charge in [-0.1, -0.05) is 92.4 Å². The summed E-state index contributed by atoms with van der Waals surface area (Å²) in [7, 11) is 1.63. The molecule has 1 aromatic rings. The molecule has 0 aromatic heterocycles. The van der Waals surface area contributed by atoms with Gasteiger partial charge < -0.3 is 0 Å². The van der Waals surface area contributed by atoms with Gasteiger partial charge in [0.25, 0.3) is 9.05 Å². The fourth-order valence-corrected chi connectivity index (χ4v) is 4.23. The van der Waals surface area contributed by atoms with Crippen molar-refractivity contribution in [3.8, 4) is 0 Å². The van der Waals surface area contributed by atoms with Crippen LogP contribution in [0.3, 0.4) is 0 Å². The highest BCUT2D eigenvalue weighted by Crippen LogP contribution is 2.40. The number of hydrogen-bond acceptors (Lipinski definition) is 2. The van der Waals surface area contributed by atoms with Crippen LogP contribution >= 0.6 is 45.5 Å². The number of aryl methyl sites for hydroxylation is 1. The first-order chi connectivity index (χ1) is 11.6. The second kappa shape index (κ2) is 11.2. The molecule has 0 bridgehead atoms. The van der Waals surface area contributed by atoms with Gasteiger partial charge in [0.05, 0.1) is 4.90 Å². The number of hydrogen-bond donors (Lipinski definition) is 0. The Hall–Kier alpha value is 0.330. The van der Waals surface area contributed by atoms with Gasteiger partial charge in [-0.2, -0.15) is 0 Å². The summed E-state index contributed by atoms with van der Waals surface area (Å²) in [5.74, 6) is -0.0138. The highest BCUT2D eigenvalue weighted by molar-refractivity contribution is 8.13. The van der Waals surface area contributed by atoms with Gasteiger partial charge in [0.15, 0.2) is 3.79 Å². The summed E-state index contributed by atoms with van der Waals surface area (Å²) in [5, 5.41) is 0. The Labute approximate surface area is 171 Å². The maximum Gasteiger partial charge on any atom is 0.261 e. The molecule has 0 aliphatic heterocycles. The monoisotopic (exact) mass is 446 g/mol. The summed E-state index contributed by atoms with van der Waals surface area (Å²) in [4.78, 5) is 0.0999. The second-order valence-electron chi connectivity index (χ2n) is 6.42. The summed E-state index contributed by atoms with van der Waals surface area (Å²) in [6.07, 6.45) is 9.61. The van der Waals surface area contributed by atoms with Gasteiger partial charge in [-0.3, -0.25) is 0 Å². The van der Waals surface area contributed by atoms with Gasteiger partial charge in [-0.15, -0.1) is 0 Å². The molecule has 0 fully saturated rings. The van der Waals surface area contributed by atoms with E-state index in [1.807, 2.05) is 0 Å². The normalized spacial score (nSPS) is 13.8. The molecule has 0 spiro atoms. The first-order valence-electron chi connectivity index (χ1n) is 8.75. The van der Waals surface area contributed by atoms with Gasteiger partial charge in [0.2, 0.25) is 0 Å². The van der Waals surface area contributed by atoms with Crippen LogP contribution in [0.15, 0.2) is 29.2 Å². The average molecular weight is 448 g/mol. The van der Waals surface area contributed by atoms with Crippen LogP contribution in [-0.2, 0) is 15.5 Å². The van der Waals surface area contributed by atoms with Crippen molar-refractivity contribution in [2.75, 3.05) is 0 Å². The van der Waals surface area contributed by atoms with E-state index in [1.165, 1.54) is 44.2 Å².